The van der Waals surface area contributed by atoms with Crippen LogP contribution < -0.4 is 5.73 Å². The van der Waals surface area contributed by atoms with E-state index in [2.05, 4.69) is 83.2 Å². The zero-order valence-corrected chi connectivity index (χ0v) is 15.7. The summed E-state index contributed by atoms with van der Waals surface area (Å²) in [4.78, 5) is 4.62. The second-order valence-electron chi connectivity index (χ2n) is 7.10. The topological polar surface area (TPSA) is 43.8 Å². The van der Waals surface area contributed by atoms with E-state index >= 15 is 0 Å². The van der Waals surface area contributed by atoms with E-state index in [4.69, 9.17) is 5.73 Å². The van der Waals surface area contributed by atoms with Gasteiger partial charge in [-0.3, -0.25) is 4.57 Å². The van der Waals surface area contributed by atoms with Crippen molar-refractivity contribution in [2.45, 2.75) is 26.2 Å². The molecule has 27 heavy (non-hydrogen) atoms. The third-order valence-corrected chi connectivity index (χ3v) is 5.07. The number of nitrogens with zero attached hydrogens (tertiary/aromatic N) is 2. The van der Waals surface area contributed by atoms with Gasteiger partial charge in [-0.05, 0) is 73.7 Å². The molecule has 0 radical (unpaired) electrons. The standard InChI is InChI=1S/C24H25N3/c1-18-5-12-22(13-6-18)27-17-26-23-16-21(11-14-24(23)27)20-9-7-19(8-10-20)4-2-3-15-25/h5-14,16-17H,2-4,15,25H2,1H3. The van der Waals surface area contributed by atoms with Gasteiger partial charge >= 0.3 is 0 Å². The lowest BCUT2D eigenvalue weighted by Gasteiger charge is -2.07. The van der Waals surface area contributed by atoms with E-state index in [9.17, 15) is 0 Å². The normalized spacial score (nSPS) is 11.2. The molecule has 0 amide bonds. The average molecular weight is 355 g/mol. The molecule has 0 bridgehead atoms. The summed E-state index contributed by atoms with van der Waals surface area (Å²) in [5.74, 6) is 0. The van der Waals surface area contributed by atoms with E-state index in [0.717, 1.165) is 42.5 Å². The van der Waals surface area contributed by atoms with Crippen LogP contribution in [0.4, 0.5) is 0 Å². The number of benzene rings is 3. The van der Waals surface area contributed by atoms with Gasteiger partial charge in [0.2, 0.25) is 0 Å². The molecule has 3 nitrogen and oxygen atoms in total. The molecule has 0 spiro atoms. The molecule has 3 aromatic carbocycles. The number of imidazole rings is 1. The number of aryl methyl sites for hydroxylation is 2. The van der Waals surface area contributed by atoms with E-state index in [0.29, 0.717) is 0 Å². The van der Waals surface area contributed by atoms with Crippen molar-refractivity contribution in [3.8, 4) is 16.8 Å². The molecule has 0 saturated heterocycles. The third kappa shape index (κ3) is 3.79. The first-order valence-corrected chi connectivity index (χ1v) is 9.58. The van der Waals surface area contributed by atoms with Crippen LogP contribution in [0.2, 0.25) is 0 Å². The van der Waals surface area contributed by atoms with Gasteiger partial charge < -0.3 is 5.73 Å². The minimum absolute atomic E-state index is 0.771. The van der Waals surface area contributed by atoms with Crippen LogP contribution in [0.25, 0.3) is 27.8 Å². The minimum Gasteiger partial charge on any atom is -0.330 e. The van der Waals surface area contributed by atoms with E-state index in [1.165, 1.54) is 22.3 Å². The summed E-state index contributed by atoms with van der Waals surface area (Å²) in [7, 11) is 0. The highest BCUT2D eigenvalue weighted by molar-refractivity contribution is 5.83. The Balaban J connectivity index is 1.60. The Morgan fingerprint density at radius 2 is 1.59 bits per heavy atom. The first kappa shape index (κ1) is 17.5. The number of hydrogen-bond donors (Lipinski definition) is 1. The molecule has 0 saturated carbocycles. The van der Waals surface area contributed by atoms with Crippen LogP contribution in [0.15, 0.2) is 73.1 Å². The van der Waals surface area contributed by atoms with Gasteiger partial charge in [-0.1, -0.05) is 48.0 Å². The fourth-order valence-electron chi connectivity index (χ4n) is 3.44. The summed E-state index contributed by atoms with van der Waals surface area (Å²) in [6.45, 7) is 2.87. The third-order valence-electron chi connectivity index (χ3n) is 5.07. The van der Waals surface area contributed by atoms with Crippen molar-refractivity contribution >= 4 is 11.0 Å². The second-order valence-corrected chi connectivity index (χ2v) is 7.10. The maximum Gasteiger partial charge on any atom is 0.100 e. The summed E-state index contributed by atoms with van der Waals surface area (Å²) < 4.78 is 2.14. The molecule has 1 heterocycles. The Kier molecular flexibility index (Phi) is 5.03. The number of rotatable bonds is 6. The van der Waals surface area contributed by atoms with Crippen LogP contribution in [-0.4, -0.2) is 16.1 Å². The zero-order valence-electron chi connectivity index (χ0n) is 15.7. The van der Waals surface area contributed by atoms with Crippen LogP contribution in [0.3, 0.4) is 0 Å². The Hall–Kier alpha value is -2.91. The lowest BCUT2D eigenvalue weighted by atomic mass is 10.0. The SMILES string of the molecule is Cc1ccc(-n2cnc3cc(-c4ccc(CCCCN)cc4)ccc32)cc1. The number of fused-ring (bicyclic) bond motifs is 1. The van der Waals surface area contributed by atoms with Crippen LogP contribution >= 0.6 is 0 Å². The first-order chi connectivity index (χ1) is 13.2. The molecular formula is C24H25N3. The van der Waals surface area contributed by atoms with Crippen LogP contribution in [0.1, 0.15) is 24.0 Å². The summed E-state index contributed by atoms with van der Waals surface area (Å²) in [5.41, 5.74) is 13.9. The summed E-state index contributed by atoms with van der Waals surface area (Å²) in [6, 6.07) is 23.9. The van der Waals surface area contributed by atoms with Gasteiger partial charge in [-0.25, -0.2) is 4.98 Å². The van der Waals surface area contributed by atoms with Crippen molar-refractivity contribution in [2.24, 2.45) is 5.73 Å². The lowest BCUT2D eigenvalue weighted by molar-refractivity contribution is 0.745. The molecule has 0 aliphatic carbocycles. The molecule has 0 aliphatic heterocycles. The fourth-order valence-corrected chi connectivity index (χ4v) is 3.44. The molecular weight excluding hydrogens is 330 g/mol. The Morgan fingerprint density at radius 1 is 0.852 bits per heavy atom. The van der Waals surface area contributed by atoms with E-state index in [1.54, 1.807) is 0 Å². The number of aromatic nitrogens is 2. The second kappa shape index (κ2) is 7.77. The van der Waals surface area contributed by atoms with Crippen LogP contribution in [0, 0.1) is 6.92 Å². The minimum atomic E-state index is 0.771. The van der Waals surface area contributed by atoms with E-state index in [1.807, 2.05) is 6.33 Å². The van der Waals surface area contributed by atoms with Gasteiger partial charge in [0.05, 0.1) is 11.0 Å². The number of unbranched alkanes of at least 4 members (excludes halogenated alkanes) is 1. The van der Waals surface area contributed by atoms with Crippen molar-refractivity contribution in [3.63, 3.8) is 0 Å². The highest BCUT2D eigenvalue weighted by atomic mass is 15.0. The monoisotopic (exact) mass is 355 g/mol. The molecule has 2 N–H and O–H groups in total. The van der Waals surface area contributed by atoms with Gasteiger partial charge in [0.15, 0.2) is 0 Å². The largest absolute Gasteiger partial charge is 0.330 e. The lowest BCUT2D eigenvalue weighted by Crippen LogP contribution is -1.98. The van der Waals surface area contributed by atoms with E-state index < -0.39 is 0 Å². The maximum atomic E-state index is 5.58. The highest BCUT2D eigenvalue weighted by Crippen LogP contribution is 2.26. The predicted octanol–water partition coefficient (Wildman–Crippen LogP) is 5.28. The summed E-state index contributed by atoms with van der Waals surface area (Å²) >= 11 is 0. The maximum absolute atomic E-state index is 5.58. The van der Waals surface area contributed by atoms with Crippen molar-refractivity contribution in [1.29, 1.82) is 0 Å². The van der Waals surface area contributed by atoms with Crippen molar-refractivity contribution in [3.05, 3.63) is 84.2 Å². The Labute approximate surface area is 160 Å². The molecule has 0 atom stereocenters. The highest BCUT2D eigenvalue weighted by Gasteiger charge is 2.07. The molecule has 4 rings (SSSR count). The van der Waals surface area contributed by atoms with Gasteiger partial charge in [-0.15, -0.1) is 0 Å². The quantitative estimate of drug-likeness (QED) is 0.478. The smallest absolute Gasteiger partial charge is 0.100 e. The molecule has 1 aromatic heterocycles. The molecule has 3 heteroatoms. The number of hydrogen-bond acceptors (Lipinski definition) is 2. The van der Waals surface area contributed by atoms with Crippen LogP contribution in [0.5, 0.6) is 0 Å². The zero-order chi connectivity index (χ0) is 18.6. The van der Waals surface area contributed by atoms with Gasteiger partial charge in [0, 0.05) is 5.69 Å². The fraction of sp³-hybridized carbons (Fsp3) is 0.208. The molecule has 0 unspecified atom stereocenters. The summed E-state index contributed by atoms with van der Waals surface area (Å²) in [5, 5.41) is 0. The number of nitrogens with two attached hydrogens (primary N) is 1. The molecule has 4 aromatic rings. The predicted molar refractivity (Wildman–Crippen MR) is 113 cm³/mol. The average Bonchev–Trinajstić information content (AvgIpc) is 3.12. The molecule has 0 aliphatic rings. The van der Waals surface area contributed by atoms with Crippen molar-refractivity contribution in [2.75, 3.05) is 6.54 Å². The van der Waals surface area contributed by atoms with Crippen molar-refractivity contribution in [1.82, 2.24) is 9.55 Å². The van der Waals surface area contributed by atoms with Crippen LogP contribution in [-0.2, 0) is 6.42 Å². The van der Waals surface area contributed by atoms with Gasteiger partial charge in [0.1, 0.15) is 6.33 Å². The first-order valence-electron chi connectivity index (χ1n) is 9.58. The Bertz CT molecular complexity index is 1030. The van der Waals surface area contributed by atoms with Crippen molar-refractivity contribution < 1.29 is 0 Å². The van der Waals surface area contributed by atoms with Gasteiger partial charge in [0.25, 0.3) is 0 Å². The Morgan fingerprint density at radius 3 is 2.33 bits per heavy atom. The molecule has 0 fully saturated rings. The van der Waals surface area contributed by atoms with E-state index in [-0.39, 0.29) is 0 Å². The molecule has 136 valence electrons. The summed E-state index contributed by atoms with van der Waals surface area (Å²) in [6.07, 6.45) is 5.23. The van der Waals surface area contributed by atoms with Gasteiger partial charge in [-0.2, -0.15) is 0 Å².